The second-order valence-corrected chi connectivity index (χ2v) is 5.47. The van der Waals surface area contributed by atoms with E-state index in [0.717, 1.165) is 6.07 Å². The van der Waals surface area contributed by atoms with E-state index in [4.69, 9.17) is 15.4 Å². The number of oxazole rings is 1. The first-order chi connectivity index (χ1) is 11.4. The number of aryl methyl sites for hydroxylation is 1. The highest BCUT2D eigenvalue weighted by Crippen LogP contribution is 2.28. The average Bonchev–Trinajstić information content (AvgIpc) is 2.82. The SMILES string of the molecule is Cn1c(=O)oc2cc(F)c(-c3ccc(CC(N)C#N)c(F)c3)cc21. The van der Waals surface area contributed by atoms with Gasteiger partial charge in [0.1, 0.15) is 11.6 Å². The van der Waals surface area contributed by atoms with Gasteiger partial charge in [-0.2, -0.15) is 5.26 Å². The number of aromatic nitrogens is 1. The average molecular weight is 329 g/mol. The molecule has 1 heterocycles. The van der Waals surface area contributed by atoms with Gasteiger partial charge in [-0.1, -0.05) is 12.1 Å². The smallest absolute Gasteiger partial charge is 0.408 e. The first-order valence-electron chi connectivity index (χ1n) is 7.13. The van der Waals surface area contributed by atoms with Gasteiger partial charge in [0.2, 0.25) is 0 Å². The third-order valence-electron chi connectivity index (χ3n) is 3.85. The maximum Gasteiger partial charge on any atom is 0.419 e. The van der Waals surface area contributed by atoms with Crippen LogP contribution in [0, 0.1) is 23.0 Å². The van der Waals surface area contributed by atoms with Gasteiger partial charge in [-0.05, 0) is 23.3 Å². The number of nitrogens with two attached hydrogens (primary N) is 1. The molecule has 2 N–H and O–H groups in total. The summed E-state index contributed by atoms with van der Waals surface area (Å²) in [6, 6.07) is 7.76. The molecule has 1 unspecified atom stereocenters. The lowest BCUT2D eigenvalue weighted by molar-refractivity contribution is 0.525. The van der Waals surface area contributed by atoms with Crippen LogP contribution in [0.4, 0.5) is 8.78 Å². The third kappa shape index (κ3) is 2.68. The number of fused-ring (bicyclic) bond motifs is 1. The van der Waals surface area contributed by atoms with Gasteiger partial charge < -0.3 is 10.2 Å². The van der Waals surface area contributed by atoms with E-state index in [9.17, 15) is 13.6 Å². The zero-order valence-corrected chi connectivity index (χ0v) is 12.7. The minimum Gasteiger partial charge on any atom is -0.408 e. The molecule has 0 fully saturated rings. The molecule has 0 spiro atoms. The normalized spacial score (nSPS) is 12.3. The Hall–Kier alpha value is -2.98. The predicted octanol–water partition coefficient (Wildman–Crippen LogP) is 2.47. The van der Waals surface area contributed by atoms with E-state index in [2.05, 4.69) is 0 Å². The first-order valence-corrected chi connectivity index (χ1v) is 7.13. The number of hydrogen-bond acceptors (Lipinski definition) is 4. The Bertz CT molecular complexity index is 1030. The molecular weight excluding hydrogens is 316 g/mol. The Morgan fingerprint density at radius 3 is 2.71 bits per heavy atom. The monoisotopic (exact) mass is 329 g/mol. The summed E-state index contributed by atoms with van der Waals surface area (Å²) >= 11 is 0. The number of nitriles is 1. The molecule has 5 nitrogen and oxygen atoms in total. The molecule has 1 aromatic heterocycles. The van der Waals surface area contributed by atoms with E-state index in [0.29, 0.717) is 11.1 Å². The molecule has 0 bridgehead atoms. The van der Waals surface area contributed by atoms with E-state index in [1.165, 1.54) is 29.8 Å². The molecule has 0 aliphatic rings. The summed E-state index contributed by atoms with van der Waals surface area (Å²) in [7, 11) is 1.50. The van der Waals surface area contributed by atoms with Crippen molar-refractivity contribution in [2.75, 3.05) is 0 Å². The van der Waals surface area contributed by atoms with E-state index in [-0.39, 0.29) is 23.1 Å². The second kappa shape index (κ2) is 5.91. The highest BCUT2D eigenvalue weighted by Gasteiger charge is 2.15. The molecule has 0 amide bonds. The molecule has 0 aliphatic carbocycles. The highest BCUT2D eigenvalue weighted by molar-refractivity contribution is 5.81. The maximum absolute atomic E-state index is 14.3. The molecule has 2 aromatic carbocycles. The molecule has 7 heteroatoms. The summed E-state index contributed by atoms with van der Waals surface area (Å²) < 4.78 is 34.6. The minimum atomic E-state index is -0.807. The quantitative estimate of drug-likeness (QED) is 0.800. The third-order valence-corrected chi connectivity index (χ3v) is 3.85. The van der Waals surface area contributed by atoms with Gasteiger partial charge in [-0.3, -0.25) is 4.57 Å². The van der Waals surface area contributed by atoms with Gasteiger partial charge in [0.15, 0.2) is 5.58 Å². The van der Waals surface area contributed by atoms with Gasteiger partial charge in [-0.15, -0.1) is 0 Å². The summed E-state index contributed by atoms with van der Waals surface area (Å²) in [4.78, 5) is 11.5. The lowest BCUT2D eigenvalue weighted by Gasteiger charge is -2.09. The summed E-state index contributed by atoms with van der Waals surface area (Å²) in [5, 5.41) is 8.70. The fraction of sp³-hybridized carbons (Fsp3) is 0.176. The lowest BCUT2D eigenvalue weighted by atomic mass is 10.00. The Morgan fingerprint density at radius 2 is 2.04 bits per heavy atom. The van der Waals surface area contributed by atoms with Crippen LogP contribution in [0.2, 0.25) is 0 Å². The van der Waals surface area contributed by atoms with Gasteiger partial charge in [0.25, 0.3) is 0 Å². The number of nitrogens with zero attached hydrogens (tertiary/aromatic N) is 2. The van der Waals surface area contributed by atoms with E-state index in [1.807, 2.05) is 6.07 Å². The Balaban J connectivity index is 2.09. The van der Waals surface area contributed by atoms with E-state index >= 15 is 0 Å². The fourth-order valence-electron chi connectivity index (χ4n) is 2.53. The van der Waals surface area contributed by atoms with Crippen molar-refractivity contribution in [2.24, 2.45) is 12.8 Å². The van der Waals surface area contributed by atoms with Crippen molar-refractivity contribution < 1.29 is 13.2 Å². The number of hydrogen-bond donors (Lipinski definition) is 1. The van der Waals surface area contributed by atoms with Crippen LogP contribution in [0.15, 0.2) is 39.5 Å². The molecule has 0 saturated heterocycles. The standard InChI is InChI=1S/C17H13F2N3O2/c1-22-15-6-12(14(19)7-16(15)24-17(22)23)9-2-3-10(13(18)5-9)4-11(21)8-20/h2-3,5-7,11H,4,21H2,1H3. The van der Waals surface area contributed by atoms with Crippen molar-refractivity contribution in [3.8, 4) is 17.2 Å². The molecule has 0 radical (unpaired) electrons. The van der Waals surface area contributed by atoms with Crippen LogP contribution < -0.4 is 11.5 Å². The van der Waals surface area contributed by atoms with Crippen LogP contribution in [-0.4, -0.2) is 10.6 Å². The minimum absolute atomic E-state index is 0.0698. The van der Waals surface area contributed by atoms with Crippen LogP contribution in [0.3, 0.4) is 0 Å². The highest BCUT2D eigenvalue weighted by atomic mass is 19.1. The van der Waals surface area contributed by atoms with Crippen LogP contribution in [0.1, 0.15) is 5.56 Å². The predicted molar refractivity (Wildman–Crippen MR) is 84.1 cm³/mol. The van der Waals surface area contributed by atoms with E-state index < -0.39 is 23.4 Å². The summed E-state index contributed by atoms with van der Waals surface area (Å²) in [6.45, 7) is 0. The summed E-state index contributed by atoms with van der Waals surface area (Å²) in [5.41, 5.74) is 6.78. The molecule has 3 aromatic rings. The molecule has 24 heavy (non-hydrogen) atoms. The molecule has 3 rings (SSSR count). The van der Waals surface area contributed by atoms with Crippen molar-refractivity contribution in [3.05, 3.63) is 58.1 Å². The van der Waals surface area contributed by atoms with Crippen molar-refractivity contribution >= 4 is 11.1 Å². The van der Waals surface area contributed by atoms with Crippen molar-refractivity contribution in [2.45, 2.75) is 12.5 Å². The van der Waals surface area contributed by atoms with Gasteiger partial charge in [-0.25, -0.2) is 13.6 Å². The summed E-state index contributed by atoms with van der Waals surface area (Å²) in [6.07, 6.45) is 0.0698. The molecule has 0 aliphatic heterocycles. The Morgan fingerprint density at radius 1 is 1.29 bits per heavy atom. The maximum atomic E-state index is 14.3. The van der Waals surface area contributed by atoms with Gasteiger partial charge >= 0.3 is 5.76 Å². The van der Waals surface area contributed by atoms with Crippen LogP contribution >= 0.6 is 0 Å². The van der Waals surface area contributed by atoms with Gasteiger partial charge in [0, 0.05) is 25.1 Å². The van der Waals surface area contributed by atoms with Crippen LogP contribution in [0.5, 0.6) is 0 Å². The van der Waals surface area contributed by atoms with Crippen LogP contribution in [-0.2, 0) is 13.5 Å². The van der Waals surface area contributed by atoms with Gasteiger partial charge in [0.05, 0.1) is 17.6 Å². The largest absolute Gasteiger partial charge is 0.419 e. The molecule has 1 atom stereocenters. The van der Waals surface area contributed by atoms with Crippen molar-refractivity contribution in [3.63, 3.8) is 0 Å². The lowest BCUT2D eigenvalue weighted by Crippen LogP contribution is -2.20. The zero-order chi connectivity index (χ0) is 17.4. The molecular formula is C17H13F2N3O2. The topological polar surface area (TPSA) is 84.9 Å². The second-order valence-electron chi connectivity index (χ2n) is 5.47. The Kier molecular flexibility index (Phi) is 3.91. The Labute approximate surface area is 135 Å². The number of halogens is 2. The first kappa shape index (κ1) is 15.9. The van der Waals surface area contributed by atoms with Crippen molar-refractivity contribution in [1.29, 1.82) is 5.26 Å². The number of benzene rings is 2. The van der Waals surface area contributed by atoms with E-state index in [1.54, 1.807) is 6.07 Å². The van der Waals surface area contributed by atoms with Crippen LogP contribution in [0.25, 0.3) is 22.2 Å². The molecule has 122 valence electrons. The number of rotatable bonds is 3. The fourth-order valence-corrected chi connectivity index (χ4v) is 2.53. The van der Waals surface area contributed by atoms with Crippen molar-refractivity contribution in [1.82, 2.24) is 4.57 Å². The zero-order valence-electron chi connectivity index (χ0n) is 12.7. The summed E-state index contributed by atoms with van der Waals surface area (Å²) in [5.74, 6) is -1.80. The molecule has 0 saturated carbocycles.